The van der Waals surface area contributed by atoms with Gasteiger partial charge in [0.25, 0.3) is 0 Å². The van der Waals surface area contributed by atoms with Crippen molar-refractivity contribution < 1.29 is 32.2 Å². The minimum absolute atomic E-state index is 0.00361. The van der Waals surface area contributed by atoms with Gasteiger partial charge in [-0.05, 0) is 35.4 Å². The van der Waals surface area contributed by atoms with Crippen LogP contribution in [-0.4, -0.2) is 47.9 Å². The molecule has 1 saturated heterocycles. The number of hydrogen-bond acceptors (Lipinski definition) is 7. The number of hydrogen-bond donors (Lipinski definition) is 1. The standard InChI is InChI=1S/C29H25F3N2O5/c30-29(31,32)28-25(19-4-2-1-3-5-19)26(36)20-7-8-22(35)21(27(20)39-28)16-34-12-10-33(11-13-34)15-18-6-9-23-24(14-18)38-17-37-23/h1-9,14,35H,10-13,15-17H2. The summed E-state index contributed by atoms with van der Waals surface area (Å²) in [5.74, 6) is -0.122. The zero-order valence-corrected chi connectivity index (χ0v) is 20.8. The minimum atomic E-state index is -4.90. The molecule has 39 heavy (non-hydrogen) atoms. The van der Waals surface area contributed by atoms with E-state index in [2.05, 4.69) is 4.90 Å². The number of ether oxygens (including phenoxy) is 2. The van der Waals surface area contributed by atoms with Crippen LogP contribution >= 0.6 is 0 Å². The van der Waals surface area contributed by atoms with Crippen LogP contribution < -0.4 is 14.9 Å². The maximum atomic E-state index is 14.1. The first kappa shape index (κ1) is 25.3. The van der Waals surface area contributed by atoms with E-state index in [1.54, 1.807) is 18.2 Å². The summed E-state index contributed by atoms with van der Waals surface area (Å²) < 4.78 is 58.6. The number of phenolic OH excluding ortho intramolecular Hbond substituents is 1. The molecular weight excluding hydrogens is 513 g/mol. The molecule has 10 heteroatoms. The number of alkyl halides is 3. The molecule has 6 rings (SSSR count). The third-order valence-corrected chi connectivity index (χ3v) is 7.15. The van der Waals surface area contributed by atoms with E-state index in [0.717, 1.165) is 36.7 Å². The van der Waals surface area contributed by atoms with Gasteiger partial charge >= 0.3 is 6.18 Å². The van der Waals surface area contributed by atoms with E-state index in [1.807, 2.05) is 23.1 Å². The maximum absolute atomic E-state index is 14.1. The van der Waals surface area contributed by atoms with E-state index >= 15 is 0 Å². The third-order valence-electron chi connectivity index (χ3n) is 7.15. The summed E-state index contributed by atoms with van der Waals surface area (Å²) in [6.45, 7) is 3.77. The summed E-state index contributed by atoms with van der Waals surface area (Å²) in [4.78, 5) is 17.7. The molecule has 3 heterocycles. The van der Waals surface area contributed by atoms with Gasteiger partial charge in [0.05, 0.1) is 16.5 Å². The van der Waals surface area contributed by atoms with E-state index < -0.39 is 22.9 Å². The summed E-state index contributed by atoms with van der Waals surface area (Å²) >= 11 is 0. The van der Waals surface area contributed by atoms with Crippen LogP contribution in [-0.2, 0) is 19.3 Å². The van der Waals surface area contributed by atoms with Crippen molar-refractivity contribution in [2.75, 3.05) is 33.0 Å². The van der Waals surface area contributed by atoms with Crippen LogP contribution in [0.1, 0.15) is 16.9 Å². The zero-order valence-electron chi connectivity index (χ0n) is 20.8. The Balaban J connectivity index is 1.26. The van der Waals surface area contributed by atoms with Gasteiger partial charge in [-0.25, -0.2) is 0 Å². The molecule has 0 aliphatic carbocycles. The summed E-state index contributed by atoms with van der Waals surface area (Å²) in [5.41, 5.74) is -0.188. The highest BCUT2D eigenvalue weighted by Gasteiger charge is 2.40. The molecule has 0 spiro atoms. The van der Waals surface area contributed by atoms with Crippen LogP contribution in [0, 0.1) is 0 Å². The molecule has 7 nitrogen and oxygen atoms in total. The highest BCUT2D eigenvalue weighted by molar-refractivity contribution is 5.86. The Labute approximate surface area is 221 Å². The minimum Gasteiger partial charge on any atom is -0.507 e. The summed E-state index contributed by atoms with van der Waals surface area (Å²) in [6, 6.07) is 16.2. The molecule has 0 amide bonds. The van der Waals surface area contributed by atoms with E-state index in [9.17, 15) is 23.1 Å². The van der Waals surface area contributed by atoms with Crippen molar-refractivity contribution in [2.24, 2.45) is 0 Å². The number of benzene rings is 3. The van der Waals surface area contributed by atoms with Crippen molar-refractivity contribution in [1.82, 2.24) is 9.80 Å². The van der Waals surface area contributed by atoms with Gasteiger partial charge in [0, 0.05) is 39.3 Å². The second kappa shape index (κ2) is 9.94. The van der Waals surface area contributed by atoms with E-state index in [0.29, 0.717) is 13.1 Å². The lowest BCUT2D eigenvalue weighted by atomic mass is 10.00. The van der Waals surface area contributed by atoms with Gasteiger partial charge in [0.15, 0.2) is 11.5 Å². The van der Waals surface area contributed by atoms with E-state index in [1.165, 1.54) is 24.3 Å². The van der Waals surface area contributed by atoms with Crippen molar-refractivity contribution in [1.29, 1.82) is 0 Å². The molecule has 0 bridgehead atoms. The number of halogens is 3. The van der Waals surface area contributed by atoms with Gasteiger partial charge in [-0.15, -0.1) is 0 Å². The quantitative estimate of drug-likeness (QED) is 0.373. The Morgan fingerprint density at radius 2 is 1.54 bits per heavy atom. The van der Waals surface area contributed by atoms with Crippen molar-refractivity contribution in [2.45, 2.75) is 19.3 Å². The topological polar surface area (TPSA) is 75.4 Å². The molecular formula is C29H25F3N2O5. The first-order valence-corrected chi connectivity index (χ1v) is 12.6. The van der Waals surface area contributed by atoms with Crippen LogP contribution in [0.2, 0.25) is 0 Å². The lowest BCUT2D eigenvalue weighted by Gasteiger charge is -2.35. The second-order valence-corrected chi connectivity index (χ2v) is 9.68. The Morgan fingerprint density at radius 1 is 0.846 bits per heavy atom. The van der Waals surface area contributed by atoms with Gasteiger partial charge in [-0.2, -0.15) is 13.2 Å². The monoisotopic (exact) mass is 538 g/mol. The summed E-state index contributed by atoms with van der Waals surface area (Å²) in [7, 11) is 0. The normalized spacial score (nSPS) is 16.2. The van der Waals surface area contributed by atoms with Gasteiger partial charge in [0.2, 0.25) is 18.0 Å². The predicted octanol–water partition coefficient (Wildman–Crippen LogP) is 5.23. The van der Waals surface area contributed by atoms with Crippen LogP contribution in [0.5, 0.6) is 17.2 Å². The first-order valence-electron chi connectivity index (χ1n) is 12.6. The molecule has 1 aromatic heterocycles. The van der Waals surface area contributed by atoms with Crippen LogP contribution in [0.4, 0.5) is 13.2 Å². The Hall–Kier alpha value is -4.02. The Kier molecular flexibility index (Phi) is 6.44. The molecule has 2 aliphatic heterocycles. The lowest BCUT2D eigenvalue weighted by Crippen LogP contribution is -2.45. The smallest absolute Gasteiger partial charge is 0.450 e. The molecule has 0 radical (unpaired) electrons. The molecule has 202 valence electrons. The van der Waals surface area contributed by atoms with Gasteiger partial charge in [-0.3, -0.25) is 14.6 Å². The number of piperazine rings is 1. The molecule has 0 atom stereocenters. The highest BCUT2D eigenvalue weighted by Crippen LogP contribution is 2.39. The van der Waals surface area contributed by atoms with Gasteiger partial charge in [-0.1, -0.05) is 36.4 Å². The predicted molar refractivity (Wildman–Crippen MR) is 138 cm³/mol. The Morgan fingerprint density at radius 3 is 2.26 bits per heavy atom. The van der Waals surface area contributed by atoms with Gasteiger partial charge < -0.3 is 19.0 Å². The van der Waals surface area contributed by atoms with Crippen molar-refractivity contribution in [3.63, 3.8) is 0 Å². The molecule has 2 aliphatic rings. The largest absolute Gasteiger partial charge is 0.507 e. The van der Waals surface area contributed by atoms with E-state index in [-0.39, 0.29) is 41.2 Å². The van der Waals surface area contributed by atoms with Crippen LogP contribution in [0.15, 0.2) is 69.9 Å². The first-order chi connectivity index (χ1) is 18.8. The molecule has 0 saturated carbocycles. The van der Waals surface area contributed by atoms with Crippen molar-refractivity contribution >= 4 is 11.0 Å². The fraction of sp³-hybridized carbons (Fsp3) is 0.276. The average Bonchev–Trinajstić information content (AvgIpc) is 3.39. The fourth-order valence-electron chi connectivity index (χ4n) is 5.15. The van der Waals surface area contributed by atoms with Crippen LogP contribution in [0.25, 0.3) is 22.1 Å². The number of rotatable bonds is 5. The number of phenols is 1. The van der Waals surface area contributed by atoms with E-state index in [4.69, 9.17) is 13.9 Å². The van der Waals surface area contributed by atoms with Crippen molar-refractivity contribution in [3.8, 4) is 28.4 Å². The van der Waals surface area contributed by atoms with Crippen molar-refractivity contribution in [3.05, 3.63) is 87.8 Å². The lowest BCUT2D eigenvalue weighted by molar-refractivity contribution is -0.152. The second-order valence-electron chi connectivity index (χ2n) is 9.68. The molecule has 1 fully saturated rings. The number of nitrogens with zero attached hydrogens (tertiary/aromatic N) is 2. The molecule has 1 N–H and O–H groups in total. The zero-order chi connectivity index (χ0) is 27.1. The molecule has 3 aromatic carbocycles. The SMILES string of the molecule is O=c1c(-c2ccccc2)c(C(F)(F)F)oc2c(CN3CCN(Cc4ccc5c(c4)OCO5)CC3)c(O)ccc12. The molecule has 4 aromatic rings. The Bertz CT molecular complexity index is 1580. The molecule has 0 unspecified atom stereocenters. The van der Waals surface area contributed by atoms with Crippen LogP contribution in [0.3, 0.4) is 0 Å². The summed E-state index contributed by atoms with van der Waals surface area (Å²) in [5, 5.41) is 10.6. The third kappa shape index (κ3) is 4.93. The fourth-order valence-corrected chi connectivity index (χ4v) is 5.15. The number of fused-ring (bicyclic) bond motifs is 2. The number of aromatic hydroxyl groups is 1. The average molecular weight is 539 g/mol. The summed E-state index contributed by atoms with van der Waals surface area (Å²) in [6.07, 6.45) is -4.90. The van der Waals surface area contributed by atoms with Gasteiger partial charge in [0.1, 0.15) is 11.3 Å². The highest BCUT2D eigenvalue weighted by atomic mass is 19.4. The maximum Gasteiger partial charge on any atom is 0.450 e.